The lowest BCUT2D eigenvalue weighted by Gasteiger charge is -2.33. The number of aryl methyl sites for hydroxylation is 1. The highest BCUT2D eigenvalue weighted by Crippen LogP contribution is 2.45. The molecule has 6 heteroatoms. The van der Waals surface area contributed by atoms with Crippen LogP contribution in [-0.4, -0.2) is 32.4 Å². The number of aromatic nitrogens is 1. The summed E-state index contributed by atoms with van der Waals surface area (Å²) in [6.07, 6.45) is 6.18. The third kappa shape index (κ3) is 3.77. The lowest BCUT2D eigenvalue weighted by atomic mass is 9.81. The molecule has 1 unspecified atom stereocenters. The van der Waals surface area contributed by atoms with E-state index in [1.165, 1.54) is 23.2 Å². The fourth-order valence-corrected chi connectivity index (χ4v) is 4.75. The first-order valence-electron chi connectivity index (χ1n) is 10.7. The summed E-state index contributed by atoms with van der Waals surface area (Å²) in [6.45, 7) is 5.49. The zero-order chi connectivity index (χ0) is 21.0. The van der Waals surface area contributed by atoms with Gasteiger partial charge in [-0.25, -0.2) is 0 Å². The van der Waals surface area contributed by atoms with E-state index in [-0.39, 0.29) is 0 Å². The van der Waals surface area contributed by atoms with Crippen LogP contribution < -0.4 is 5.43 Å². The maximum Gasteiger partial charge on any atom is 0.134 e. The van der Waals surface area contributed by atoms with Gasteiger partial charge in [-0.05, 0) is 55.2 Å². The molecule has 1 atom stereocenters. The van der Waals surface area contributed by atoms with E-state index in [2.05, 4.69) is 46.6 Å². The molecule has 1 aliphatic carbocycles. The molecule has 0 radical (unpaired) electrons. The largest absolute Gasteiger partial charge is 0.381 e. The quantitative estimate of drug-likeness (QED) is 0.528. The van der Waals surface area contributed by atoms with Crippen molar-refractivity contribution >= 4 is 5.70 Å². The molecule has 4 rings (SSSR count). The van der Waals surface area contributed by atoms with E-state index in [9.17, 15) is 0 Å². The van der Waals surface area contributed by atoms with Gasteiger partial charge in [0, 0.05) is 25.0 Å². The number of hydrogen-bond acceptors (Lipinski definition) is 5. The van der Waals surface area contributed by atoms with Gasteiger partial charge in [0.05, 0.1) is 25.0 Å². The van der Waals surface area contributed by atoms with Crippen molar-refractivity contribution in [1.82, 2.24) is 10.4 Å². The summed E-state index contributed by atoms with van der Waals surface area (Å²) in [5.41, 5.74) is 9.83. The highest BCUT2D eigenvalue weighted by molar-refractivity contribution is 5.84. The number of ether oxygens (including phenoxy) is 2. The van der Waals surface area contributed by atoms with Crippen LogP contribution in [0.4, 0.5) is 0 Å². The van der Waals surface area contributed by atoms with Crippen molar-refractivity contribution in [3.8, 4) is 11.1 Å². The van der Waals surface area contributed by atoms with Crippen molar-refractivity contribution in [3.05, 3.63) is 59.4 Å². The summed E-state index contributed by atoms with van der Waals surface area (Å²) in [4.78, 5) is 5.22. The topological polar surface area (TPSA) is 68.1 Å². The maximum atomic E-state index is 6.33. The Labute approximate surface area is 178 Å². The number of pyridine rings is 1. The van der Waals surface area contributed by atoms with Crippen LogP contribution in [0.25, 0.3) is 16.8 Å². The van der Waals surface area contributed by atoms with Gasteiger partial charge in [-0.2, -0.15) is 5.11 Å². The van der Waals surface area contributed by atoms with Gasteiger partial charge in [0.2, 0.25) is 0 Å². The number of nitrogens with zero attached hydrogens (tertiary/aromatic N) is 3. The molecule has 1 aliphatic heterocycles. The normalized spacial score (nSPS) is 21.0. The number of rotatable bonds is 7. The summed E-state index contributed by atoms with van der Waals surface area (Å²) < 4.78 is 12.0. The number of benzene rings is 1. The highest BCUT2D eigenvalue weighted by atomic mass is 16.5. The number of hydrogen-bond donors (Lipinski definition) is 1. The van der Waals surface area contributed by atoms with Crippen molar-refractivity contribution < 1.29 is 9.47 Å². The standard InChI is InChI=1S/C24H30N4O2/c1-17(27-28-25-2)21-22(18-10-5-4-6-11-18)19-12-7-8-13-20(19)26-23(21)24(16-29-3)14-9-15-30-24/h4-6,10-11H,1,7-9,12-16H2,2-3H3,(H,25,27). The van der Waals surface area contributed by atoms with Gasteiger partial charge in [-0.15, -0.1) is 0 Å². The van der Waals surface area contributed by atoms with Crippen molar-refractivity contribution in [1.29, 1.82) is 0 Å². The second kappa shape index (κ2) is 9.06. The minimum atomic E-state index is -0.575. The molecule has 30 heavy (non-hydrogen) atoms. The minimum absolute atomic E-state index is 0.461. The SMILES string of the molecule is C=C(NN=NC)c1c(C2(COC)CCCO2)nc2c(c1-c1ccccc1)CCCC2. The summed E-state index contributed by atoms with van der Waals surface area (Å²) >= 11 is 0. The molecule has 0 bridgehead atoms. The zero-order valence-electron chi connectivity index (χ0n) is 17.9. The van der Waals surface area contributed by atoms with E-state index >= 15 is 0 Å². The Morgan fingerprint density at radius 1 is 1.23 bits per heavy atom. The van der Waals surface area contributed by atoms with Crippen LogP contribution in [0.1, 0.15) is 48.2 Å². The first-order chi connectivity index (χ1) is 14.7. The van der Waals surface area contributed by atoms with Crippen LogP contribution in [0.15, 0.2) is 47.2 Å². The lowest BCUT2D eigenvalue weighted by molar-refractivity contribution is -0.0592. The summed E-state index contributed by atoms with van der Waals surface area (Å²) in [5.74, 6) is 0. The van der Waals surface area contributed by atoms with Crippen LogP contribution in [-0.2, 0) is 27.9 Å². The average molecular weight is 407 g/mol. The summed E-state index contributed by atoms with van der Waals surface area (Å²) in [6, 6.07) is 10.5. The molecule has 2 aromatic rings. The highest BCUT2D eigenvalue weighted by Gasteiger charge is 2.42. The van der Waals surface area contributed by atoms with E-state index in [4.69, 9.17) is 14.5 Å². The van der Waals surface area contributed by atoms with Crippen molar-refractivity contribution in [2.75, 3.05) is 27.4 Å². The van der Waals surface area contributed by atoms with E-state index < -0.39 is 5.60 Å². The molecular weight excluding hydrogens is 376 g/mol. The number of nitrogens with one attached hydrogen (secondary N) is 1. The molecule has 1 aromatic carbocycles. The zero-order valence-corrected chi connectivity index (χ0v) is 17.9. The van der Waals surface area contributed by atoms with Crippen molar-refractivity contribution in [2.45, 2.75) is 44.1 Å². The molecule has 1 fully saturated rings. The Morgan fingerprint density at radius 3 is 2.73 bits per heavy atom. The molecular formula is C24H30N4O2. The Kier molecular flexibility index (Phi) is 6.25. The van der Waals surface area contributed by atoms with Crippen LogP contribution in [0.3, 0.4) is 0 Å². The smallest absolute Gasteiger partial charge is 0.134 e. The molecule has 0 amide bonds. The summed E-state index contributed by atoms with van der Waals surface area (Å²) in [7, 11) is 3.36. The monoisotopic (exact) mass is 406 g/mol. The van der Waals surface area contributed by atoms with Crippen molar-refractivity contribution in [2.24, 2.45) is 10.3 Å². The molecule has 1 aromatic heterocycles. The van der Waals surface area contributed by atoms with Crippen molar-refractivity contribution in [3.63, 3.8) is 0 Å². The summed E-state index contributed by atoms with van der Waals surface area (Å²) in [5, 5.41) is 7.86. The van der Waals surface area contributed by atoms with Crippen LogP contribution >= 0.6 is 0 Å². The van der Waals surface area contributed by atoms with Gasteiger partial charge in [0.25, 0.3) is 0 Å². The minimum Gasteiger partial charge on any atom is -0.381 e. The van der Waals surface area contributed by atoms with Crippen LogP contribution in [0, 0.1) is 0 Å². The van der Waals surface area contributed by atoms with Gasteiger partial charge >= 0.3 is 0 Å². The van der Waals surface area contributed by atoms with Gasteiger partial charge < -0.3 is 9.47 Å². The second-order valence-electron chi connectivity index (χ2n) is 7.98. The van der Waals surface area contributed by atoms with Gasteiger partial charge in [0.15, 0.2) is 0 Å². The fraction of sp³-hybridized carbons (Fsp3) is 0.458. The van der Waals surface area contributed by atoms with Crippen LogP contribution in [0.2, 0.25) is 0 Å². The van der Waals surface area contributed by atoms with Gasteiger partial charge in [0.1, 0.15) is 5.60 Å². The third-order valence-electron chi connectivity index (χ3n) is 6.04. The Bertz CT molecular complexity index is 934. The van der Waals surface area contributed by atoms with Gasteiger partial charge in [-0.1, -0.05) is 42.1 Å². The van der Waals surface area contributed by atoms with E-state index in [1.807, 2.05) is 6.07 Å². The van der Waals surface area contributed by atoms with E-state index in [1.54, 1.807) is 14.2 Å². The fourth-order valence-electron chi connectivity index (χ4n) is 4.75. The molecule has 1 saturated heterocycles. The second-order valence-corrected chi connectivity index (χ2v) is 7.98. The Hall–Kier alpha value is -2.57. The molecule has 0 saturated carbocycles. The molecule has 1 N–H and O–H groups in total. The predicted octanol–water partition coefficient (Wildman–Crippen LogP) is 4.84. The van der Waals surface area contributed by atoms with Crippen LogP contribution in [0.5, 0.6) is 0 Å². The third-order valence-corrected chi connectivity index (χ3v) is 6.04. The Balaban J connectivity index is 2.03. The number of methoxy groups -OCH3 is 1. The lowest BCUT2D eigenvalue weighted by Crippen LogP contribution is -2.34. The predicted molar refractivity (Wildman–Crippen MR) is 118 cm³/mol. The molecule has 0 spiro atoms. The average Bonchev–Trinajstić information content (AvgIpc) is 3.26. The van der Waals surface area contributed by atoms with E-state index in [0.717, 1.165) is 48.9 Å². The Morgan fingerprint density at radius 2 is 2.03 bits per heavy atom. The molecule has 2 heterocycles. The first-order valence-corrected chi connectivity index (χ1v) is 10.7. The first kappa shape index (κ1) is 20.7. The molecule has 2 aliphatic rings. The maximum absolute atomic E-state index is 6.33. The molecule has 6 nitrogen and oxygen atoms in total. The van der Waals surface area contributed by atoms with E-state index in [0.29, 0.717) is 18.9 Å². The van der Waals surface area contributed by atoms with Gasteiger partial charge in [-0.3, -0.25) is 10.4 Å². The molecule has 158 valence electrons. The number of fused-ring (bicyclic) bond motifs is 1.